The molecule has 7 nitrogen and oxygen atoms in total. The lowest BCUT2D eigenvalue weighted by Crippen LogP contribution is -2.45. The number of nitrogens with zero attached hydrogens (tertiary/aromatic N) is 4. The Kier molecular flexibility index (Phi) is 6.03. The Morgan fingerprint density at radius 1 is 1.50 bits per heavy atom. The summed E-state index contributed by atoms with van der Waals surface area (Å²) < 4.78 is 6.38. The van der Waals surface area contributed by atoms with Crippen molar-refractivity contribution in [2.75, 3.05) is 20.7 Å². The molecule has 0 saturated heterocycles. The van der Waals surface area contributed by atoms with Gasteiger partial charge in [0.2, 0.25) is 5.91 Å². The maximum absolute atomic E-state index is 12.1. The summed E-state index contributed by atoms with van der Waals surface area (Å²) in [5.41, 5.74) is 8.60. The molecule has 1 aliphatic rings. The minimum atomic E-state index is -1.98. The summed E-state index contributed by atoms with van der Waals surface area (Å²) in [6, 6.07) is 0. The van der Waals surface area contributed by atoms with Gasteiger partial charge in [0.1, 0.15) is 0 Å². The molecule has 0 heterocycles. The van der Waals surface area contributed by atoms with Crippen LogP contribution in [0.15, 0.2) is 5.11 Å². The molecule has 126 valence electrons. The summed E-state index contributed by atoms with van der Waals surface area (Å²) in [5.74, 6) is -0.0457. The molecule has 8 heteroatoms. The molecule has 1 saturated carbocycles. The zero-order valence-electron chi connectivity index (χ0n) is 14.7. The van der Waals surface area contributed by atoms with Gasteiger partial charge in [-0.15, -0.1) is 0 Å². The maximum Gasteiger partial charge on any atom is 0.249 e. The molecule has 0 aromatic heterocycles. The van der Waals surface area contributed by atoms with Gasteiger partial charge in [-0.25, -0.2) is 5.06 Å². The van der Waals surface area contributed by atoms with Crippen molar-refractivity contribution < 1.29 is 14.1 Å². The van der Waals surface area contributed by atoms with Crippen LogP contribution < -0.4 is 0 Å². The van der Waals surface area contributed by atoms with Crippen LogP contribution in [0.1, 0.15) is 27.2 Å². The second-order valence-electron chi connectivity index (χ2n) is 7.35. The van der Waals surface area contributed by atoms with Crippen LogP contribution in [0.3, 0.4) is 0 Å². The summed E-state index contributed by atoms with van der Waals surface area (Å²) in [6.45, 7) is 11.1. The van der Waals surface area contributed by atoms with E-state index in [1.54, 1.807) is 7.05 Å². The molecule has 0 aliphatic heterocycles. The molecular weight excluding hydrogens is 300 g/mol. The zero-order chi connectivity index (χ0) is 17.1. The molecule has 1 amide bonds. The summed E-state index contributed by atoms with van der Waals surface area (Å²) in [7, 11) is 1.10. The van der Waals surface area contributed by atoms with Gasteiger partial charge < -0.3 is 4.43 Å². The minimum Gasteiger partial charge on any atom is -0.414 e. The van der Waals surface area contributed by atoms with Crippen LogP contribution in [0.25, 0.3) is 10.4 Å². The maximum atomic E-state index is 12.1. The highest BCUT2D eigenvalue weighted by atomic mass is 28.4. The molecule has 1 aliphatic carbocycles. The van der Waals surface area contributed by atoms with E-state index in [2.05, 4.69) is 43.9 Å². The molecule has 0 unspecified atom stereocenters. The van der Waals surface area contributed by atoms with Crippen molar-refractivity contribution in [1.82, 2.24) is 5.06 Å². The lowest BCUT2D eigenvalue weighted by atomic mass is 10.2. The first-order chi connectivity index (χ1) is 10.0. The second kappa shape index (κ2) is 7.00. The molecule has 0 aromatic rings. The number of rotatable bonds is 7. The third kappa shape index (κ3) is 4.46. The van der Waals surface area contributed by atoms with Crippen molar-refractivity contribution in [3.05, 3.63) is 10.4 Å². The Labute approximate surface area is 133 Å². The van der Waals surface area contributed by atoms with Gasteiger partial charge in [-0.1, -0.05) is 25.9 Å². The minimum absolute atomic E-state index is 0.0442. The summed E-state index contributed by atoms with van der Waals surface area (Å²) in [4.78, 5) is 19.9. The van der Waals surface area contributed by atoms with Crippen LogP contribution in [0.4, 0.5) is 0 Å². The standard InChI is InChI=1S/C14H28N4O3Si/c1-14(2,3)22(6,7)21-12(9-16-17-15)10-8-11(10)13(19)18(4)20-5/h10-12H,8-9H2,1-7H3/t10-,11-,12-/m1/s1. The molecule has 22 heavy (non-hydrogen) atoms. The van der Waals surface area contributed by atoms with Crippen LogP contribution in [0.5, 0.6) is 0 Å². The average Bonchev–Trinajstić information content (AvgIpc) is 3.20. The Balaban J connectivity index is 2.80. The quantitative estimate of drug-likeness (QED) is 0.236. The van der Waals surface area contributed by atoms with E-state index in [-0.39, 0.29) is 35.4 Å². The van der Waals surface area contributed by atoms with Crippen LogP contribution in [0, 0.1) is 11.8 Å². The van der Waals surface area contributed by atoms with Crippen LogP contribution >= 0.6 is 0 Å². The Bertz CT molecular complexity index is 457. The van der Waals surface area contributed by atoms with Crippen LogP contribution in [0.2, 0.25) is 18.1 Å². The molecular formula is C14H28N4O3Si. The first-order valence-electron chi connectivity index (χ1n) is 7.55. The highest BCUT2D eigenvalue weighted by Crippen LogP contribution is 2.46. The molecule has 1 fully saturated rings. The van der Waals surface area contributed by atoms with E-state index in [9.17, 15) is 4.79 Å². The van der Waals surface area contributed by atoms with Crippen molar-refractivity contribution in [2.24, 2.45) is 17.0 Å². The predicted molar refractivity (Wildman–Crippen MR) is 87.5 cm³/mol. The van der Waals surface area contributed by atoms with Crippen molar-refractivity contribution in [3.63, 3.8) is 0 Å². The molecule has 0 N–H and O–H groups in total. The van der Waals surface area contributed by atoms with Gasteiger partial charge in [0.25, 0.3) is 0 Å². The number of carbonyl (C=O) groups excluding carboxylic acids is 1. The predicted octanol–water partition coefficient (Wildman–Crippen LogP) is 3.34. The SMILES string of the molecule is CON(C)C(=O)[C@@H]1C[C@H]1[C@@H](CN=[N+]=[N-])O[Si](C)(C)C(C)(C)C. The molecule has 0 bridgehead atoms. The molecule has 1 rings (SSSR count). The van der Waals surface area contributed by atoms with E-state index < -0.39 is 8.32 Å². The summed E-state index contributed by atoms with van der Waals surface area (Å²) >= 11 is 0. The fraction of sp³-hybridized carbons (Fsp3) is 0.929. The lowest BCUT2D eigenvalue weighted by Gasteiger charge is -2.39. The van der Waals surface area contributed by atoms with Crippen molar-refractivity contribution in [1.29, 1.82) is 0 Å². The molecule has 3 atom stereocenters. The van der Waals surface area contributed by atoms with Crippen molar-refractivity contribution in [2.45, 2.75) is 51.4 Å². The van der Waals surface area contributed by atoms with Gasteiger partial charge in [-0.05, 0) is 36.0 Å². The van der Waals surface area contributed by atoms with Gasteiger partial charge in [0.05, 0.1) is 19.8 Å². The molecule has 0 spiro atoms. The monoisotopic (exact) mass is 328 g/mol. The number of azide groups is 1. The van der Waals surface area contributed by atoms with E-state index in [4.69, 9.17) is 14.8 Å². The highest BCUT2D eigenvalue weighted by molar-refractivity contribution is 6.74. The van der Waals surface area contributed by atoms with Gasteiger partial charge in [-0.3, -0.25) is 9.63 Å². The van der Waals surface area contributed by atoms with E-state index in [1.807, 2.05) is 0 Å². The first-order valence-corrected chi connectivity index (χ1v) is 10.5. The van der Waals surface area contributed by atoms with Gasteiger partial charge in [0.15, 0.2) is 8.32 Å². The molecule has 0 radical (unpaired) electrons. The fourth-order valence-corrected chi connectivity index (χ4v) is 3.52. The third-order valence-electron chi connectivity index (χ3n) is 4.80. The Hall–Kier alpha value is -1.08. The van der Waals surface area contributed by atoms with Crippen LogP contribution in [-0.2, 0) is 14.1 Å². The van der Waals surface area contributed by atoms with E-state index in [0.29, 0.717) is 0 Å². The zero-order valence-corrected chi connectivity index (χ0v) is 15.7. The average molecular weight is 328 g/mol. The topological polar surface area (TPSA) is 87.5 Å². The summed E-state index contributed by atoms with van der Waals surface area (Å²) in [6.07, 6.45) is 0.559. The van der Waals surface area contributed by atoms with Crippen molar-refractivity contribution >= 4 is 14.2 Å². The van der Waals surface area contributed by atoms with Gasteiger partial charge in [0, 0.05) is 17.9 Å². The van der Waals surface area contributed by atoms with Gasteiger partial charge in [-0.2, -0.15) is 0 Å². The highest BCUT2D eigenvalue weighted by Gasteiger charge is 2.51. The largest absolute Gasteiger partial charge is 0.414 e. The van der Waals surface area contributed by atoms with E-state index in [1.165, 1.54) is 12.2 Å². The third-order valence-corrected chi connectivity index (χ3v) is 9.30. The van der Waals surface area contributed by atoms with Crippen molar-refractivity contribution in [3.8, 4) is 0 Å². The Morgan fingerprint density at radius 2 is 2.09 bits per heavy atom. The summed E-state index contributed by atoms with van der Waals surface area (Å²) in [5, 5.41) is 5.00. The van der Waals surface area contributed by atoms with E-state index >= 15 is 0 Å². The number of carbonyl (C=O) groups is 1. The number of hydrogen-bond acceptors (Lipinski definition) is 4. The number of amides is 1. The second-order valence-corrected chi connectivity index (χ2v) is 12.1. The Morgan fingerprint density at radius 3 is 2.55 bits per heavy atom. The smallest absolute Gasteiger partial charge is 0.249 e. The molecule has 0 aromatic carbocycles. The van der Waals surface area contributed by atoms with E-state index in [0.717, 1.165) is 6.42 Å². The van der Waals surface area contributed by atoms with Gasteiger partial charge >= 0.3 is 0 Å². The fourth-order valence-electron chi connectivity index (χ4n) is 2.17. The normalized spacial score (nSPS) is 22.7. The first kappa shape index (κ1) is 19.0. The number of hydrogen-bond donors (Lipinski definition) is 0. The van der Waals surface area contributed by atoms with Crippen LogP contribution in [-0.4, -0.2) is 46.1 Å². The lowest BCUT2D eigenvalue weighted by molar-refractivity contribution is -0.170. The number of hydroxylamine groups is 2.